The molecule has 0 aliphatic carbocycles. The molecule has 0 bridgehead atoms. The summed E-state index contributed by atoms with van der Waals surface area (Å²) in [5.74, 6) is -1.93. The molecule has 1 amide bonds. The van der Waals surface area contributed by atoms with E-state index in [9.17, 15) is 14.4 Å². The normalized spacial score (nSPS) is 10.2. The van der Waals surface area contributed by atoms with Crippen LogP contribution in [0.5, 0.6) is 0 Å². The molecular weight excluding hydrogens is 452 g/mol. The fourth-order valence-electron chi connectivity index (χ4n) is 2.79. The zero-order valence-corrected chi connectivity index (χ0v) is 18.5. The SMILES string of the molecule is CCOC(=O)c1c(-c2ccccc2Cl)csc1NC(=O)COC(=O)c1ccc(C#N)cc1. The Balaban J connectivity index is 1.75. The van der Waals surface area contributed by atoms with E-state index in [4.69, 9.17) is 26.3 Å². The summed E-state index contributed by atoms with van der Waals surface area (Å²) in [5.41, 5.74) is 1.95. The number of benzene rings is 2. The van der Waals surface area contributed by atoms with Gasteiger partial charge in [-0.3, -0.25) is 4.79 Å². The second kappa shape index (κ2) is 10.6. The van der Waals surface area contributed by atoms with Crippen LogP contribution in [-0.2, 0) is 14.3 Å². The van der Waals surface area contributed by atoms with Crippen molar-refractivity contribution < 1.29 is 23.9 Å². The molecule has 1 N–H and O–H groups in total. The van der Waals surface area contributed by atoms with Crippen LogP contribution in [0.3, 0.4) is 0 Å². The number of halogens is 1. The summed E-state index contributed by atoms with van der Waals surface area (Å²) in [5, 5.41) is 13.8. The summed E-state index contributed by atoms with van der Waals surface area (Å²) >= 11 is 7.41. The number of amides is 1. The number of nitrogens with one attached hydrogen (secondary N) is 1. The van der Waals surface area contributed by atoms with Crippen LogP contribution in [-0.4, -0.2) is 31.1 Å². The molecule has 0 unspecified atom stereocenters. The number of carbonyl (C=O) groups is 3. The van der Waals surface area contributed by atoms with Crippen LogP contribution in [0.15, 0.2) is 53.9 Å². The van der Waals surface area contributed by atoms with Crippen LogP contribution in [0.25, 0.3) is 11.1 Å². The number of nitrogens with zero attached hydrogens (tertiary/aromatic N) is 1. The zero-order chi connectivity index (χ0) is 23.1. The van der Waals surface area contributed by atoms with Crippen molar-refractivity contribution in [2.24, 2.45) is 0 Å². The summed E-state index contributed by atoms with van der Waals surface area (Å²) in [6.45, 7) is 1.28. The number of hydrogen-bond donors (Lipinski definition) is 1. The lowest BCUT2D eigenvalue weighted by Gasteiger charge is -2.10. The van der Waals surface area contributed by atoms with Gasteiger partial charge in [-0.2, -0.15) is 5.26 Å². The Kier molecular flexibility index (Phi) is 7.60. The number of nitriles is 1. The first-order chi connectivity index (χ1) is 15.4. The van der Waals surface area contributed by atoms with Crippen LogP contribution in [0, 0.1) is 11.3 Å². The third kappa shape index (κ3) is 5.32. The van der Waals surface area contributed by atoms with E-state index in [0.717, 1.165) is 11.3 Å². The van der Waals surface area contributed by atoms with Crippen LogP contribution in [0.1, 0.15) is 33.2 Å². The van der Waals surface area contributed by atoms with Gasteiger partial charge in [0.25, 0.3) is 5.91 Å². The van der Waals surface area contributed by atoms with E-state index < -0.39 is 24.5 Å². The van der Waals surface area contributed by atoms with Gasteiger partial charge in [-0.25, -0.2) is 9.59 Å². The van der Waals surface area contributed by atoms with Gasteiger partial charge in [0, 0.05) is 21.5 Å². The molecule has 162 valence electrons. The summed E-state index contributed by atoms with van der Waals surface area (Å²) in [7, 11) is 0. The van der Waals surface area contributed by atoms with E-state index in [0.29, 0.717) is 21.7 Å². The van der Waals surface area contributed by atoms with E-state index in [-0.39, 0.29) is 22.7 Å². The molecule has 3 aromatic rings. The first kappa shape index (κ1) is 23.0. The molecule has 9 heteroatoms. The third-order valence-electron chi connectivity index (χ3n) is 4.27. The molecule has 0 spiro atoms. The predicted molar refractivity (Wildman–Crippen MR) is 121 cm³/mol. The van der Waals surface area contributed by atoms with Gasteiger partial charge in [-0.15, -0.1) is 11.3 Å². The molecule has 0 aliphatic rings. The molecular formula is C23H17ClN2O5S. The van der Waals surface area contributed by atoms with Gasteiger partial charge in [-0.1, -0.05) is 29.8 Å². The van der Waals surface area contributed by atoms with Crippen molar-refractivity contribution in [3.8, 4) is 17.2 Å². The quantitative estimate of drug-likeness (QED) is 0.494. The summed E-state index contributed by atoms with van der Waals surface area (Å²) in [4.78, 5) is 37.1. The third-order valence-corrected chi connectivity index (χ3v) is 5.50. The van der Waals surface area contributed by atoms with Crippen LogP contribution < -0.4 is 5.32 Å². The molecule has 32 heavy (non-hydrogen) atoms. The lowest BCUT2D eigenvalue weighted by atomic mass is 10.0. The Bertz CT molecular complexity index is 1200. The van der Waals surface area contributed by atoms with E-state index in [1.165, 1.54) is 24.3 Å². The second-order valence-corrected chi connectivity index (χ2v) is 7.65. The minimum absolute atomic E-state index is 0.159. The minimum atomic E-state index is -0.710. The van der Waals surface area contributed by atoms with Crippen molar-refractivity contribution in [1.29, 1.82) is 5.26 Å². The highest BCUT2D eigenvalue weighted by Gasteiger charge is 2.24. The number of thiophene rings is 1. The fraction of sp³-hybridized carbons (Fsp3) is 0.130. The van der Waals surface area contributed by atoms with Crippen LogP contribution >= 0.6 is 22.9 Å². The largest absolute Gasteiger partial charge is 0.462 e. The highest BCUT2D eigenvalue weighted by atomic mass is 35.5. The first-order valence-corrected chi connectivity index (χ1v) is 10.7. The molecule has 0 radical (unpaired) electrons. The molecule has 1 aromatic heterocycles. The number of carbonyl (C=O) groups excluding carboxylic acids is 3. The number of rotatable bonds is 7. The zero-order valence-electron chi connectivity index (χ0n) is 16.9. The summed E-state index contributed by atoms with van der Waals surface area (Å²) in [6.07, 6.45) is 0. The maximum Gasteiger partial charge on any atom is 0.341 e. The number of anilines is 1. The highest BCUT2D eigenvalue weighted by Crippen LogP contribution is 2.39. The first-order valence-electron chi connectivity index (χ1n) is 9.45. The molecule has 0 saturated heterocycles. The topological polar surface area (TPSA) is 105 Å². The van der Waals surface area contributed by atoms with Gasteiger partial charge in [0.05, 0.1) is 23.8 Å². The fourth-order valence-corrected chi connectivity index (χ4v) is 3.99. The molecule has 7 nitrogen and oxygen atoms in total. The smallest absolute Gasteiger partial charge is 0.341 e. The monoisotopic (exact) mass is 468 g/mol. The average Bonchev–Trinajstić information content (AvgIpc) is 3.21. The second-order valence-electron chi connectivity index (χ2n) is 6.37. The van der Waals surface area contributed by atoms with Crippen molar-refractivity contribution in [3.05, 3.63) is 75.6 Å². The Morgan fingerprint density at radius 1 is 1.03 bits per heavy atom. The molecule has 0 atom stereocenters. The summed E-state index contributed by atoms with van der Waals surface area (Å²) in [6, 6.07) is 14.8. The van der Waals surface area contributed by atoms with E-state index in [2.05, 4.69) is 5.32 Å². The van der Waals surface area contributed by atoms with Crippen molar-refractivity contribution in [1.82, 2.24) is 0 Å². The van der Waals surface area contributed by atoms with E-state index in [1.54, 1.807) is 36.6 Å². The molecule has 0 aliphatic heterocycles. The number of ether oxygens (including phenoxy) is 2. The Morgan fingerprint density at radius 3 is 2.41 bits per heavy atom. The molecule has 2 aromatic carbocycles. The molecule has 1 heterocycles. The Hall–Kier alpha value is -3.67. The van der Waals surface area contributed by atoms with E-state index in [1.807, 2.05) is 6.07 Å². The predicted octanol–water partition coefficient (Wildman–Crippen LogP) is 4.91. The Morgan fingerprint density at radius 2 is 1.75 bits per heavy atom. The maximum absolute atomic E-state index is 12.6. The van der Waals surface area contributed by atoms with Crippen LogP contribution in [0.2, 0.25) is 5.02 Å². The van der Waals surface area contributed by atoms with Gasteiger partial charge < -0.3 is 14.8 Å². The van der Waals surface area contributed by atoms with Crippen LogP contribution in [0.4, 0.5) is 5.00 Å². The molecule has 0 fully saturated rings. The summed E-state index contributed by atoms with van der Waals surface area (Å²) < 4.78 is 10.2. The molecule has 3 rings (SSSR count). The van der Waals surface area contributed by atoms with Gasteiger partial charge >= 0.3 is 11.9 Å². The lowest BCUT2D eigenvalue weighted by molar-refractivity contribution is -0.119. The maximum atomic E-state index is 12.6. The van der Waals surface area contributed by atoms with E-state index >= 15 is 0 Å². The number of esters is 2. The number of hydrogen-bond acceptors (Lipinski definition) is 7. The lowest BCUT2D eigenvalue weighted by Crippen LogP contribution is -2.21. The van der Waals surface area contributed by atoms with Gasteiger partial charge in [0.1, 0.15) is 10.6 Å². The minimum Gasteiger partial charge on any atom is -0.462 e. The average molecular weight is 469 g/mol. The van der Waals surface area contributed by atoms with Crippen molar-refractivity contribution in [3.63, 3.8) is 0 Å². The Labute approximate surface area is 193 Å². The van der Waals surface area contributed by atoms with Gasteiger partial charge in [0.15, 0.2) is 6.61 Å². The standard InChI is InChI=1S/C23H17ClN2O5S/c1-2-30-23(29)20-17(16-5-3-4-6-18(16)24)13-32-21(20)26-19(27)12-31-22(28)15-9-7-14(11-25)8-10-15/h3-10,13H,2,12H2,1H3,(H,26,27). The highest BCUT2D eigenvalue weighted by molar-refractivity contribution is 7.15. The van der Waals surface area contributed by atoms with Crippen molar-refractivity contribution >= 4 is 45.8 Å². The van der Waals surface area contributed by atoms with Crippen molar-refractivity contribution in [2.75, 3.05) is 18.5 Å². The van der Waals surface area contributed by atoms with Gasteiger partial charge in [-0.05, 0) is 37.3 Å². The molecule has 0 saturated carbocycles. The van der Waals surface area contributed by atoms with Gasteiger partial charge in [0.2, 0.25) is 0 Å². The van der Waals surface area contributed by atoms with Crippen molar-refractivity contribution in [2.45, 2.75) is 6.92 Å².